The van der Waals surface area contributed by atoms with Crippen LogP contribution in [0.3, 0.4) is 0 Å². The maximum absolute atomic E-state index is 12.6. The third-order valence-electron chi connectivity index (χ3n) is 5.33. The Morgan fingerprint density at radius 1 is 1.23 bits per heavy atom. The van der Waals surface area contributed by atoms with Gasteiger partial charge in [-0.2, -0.15) is 13.2 Å². The molecule has 0 bridgehead atoms. The van der Waals surface area contributed by atoms with Crippen molar-refractivity contribution in [3.05, 3.63) is 62.0 Å². The van der Waals surface area contributed by atoms with Gasteiger partial charge in [0.15, 0.2) is 0 Å². The maximum atomic E-state index is 12.6. The van der Waals surface area contributed by atoms with Crippen LogP contribution < -0.4 is 5.56 Å². The van der Waals surface area contributed by atoms with Crippen molar-refractivity contribution in [3.8, 4) is 0 Å². The number of halogens is 3. The highest BCUT2D eigenvalue weighted by Crippen LogP contribution is 2.34. The van der Waals surface area contributed by atoms with Crippen LogP contribution in [0.15, 0.2) is 29.1 Å². The number of amides is 1. The summed E-state index contributed by atoms with van der Waals surface area (Å²) in [6, 6.07) is 4.76. The van der Waals surface area contributed by atoms with Gasteiger partial charge in [0, 0.05) is 31.3 Å². The third-order valence-corrected chi connectivity index (χ3v) is 6.51. The van der Waals surface area contributed by atoms with E-state index in [1.165, 1.54) is 21.9 Å². The van der Waals surface area contributed by atoms with Crippen LogP contribution in [0.1, 0.15) is 40.2 Å². The van der Waals surface area contributed by atoms with Gasteiger partial charge in [-0.25, -0.2) is 4.98 Å². The number of nitrogens with zero attached hydrogens (tertiary/aromatic N) is 2. The van der Waals surface area contributed by atoms with E-state index in [0.29, 0.717) is 23.2 Å². The van der Waals surface area contributed by atoms with Gasteiger partial charge < -0.3 is 9.88 Å². The molecule has 1 aliphatic carbocycles. The van der Waals surface area contributed by atoms with Gasteiger partial charge >= 0.3 is 6.18 Å². The fraction of sp³-hybridized carbons (Fsp3) is 0.381. The van der Waals surface area contributed by atoms with E-state index in [9.17, 15) is 22.8 Å². The minimum atomic E-state index is -4.38. The predicted octanol–water partition coefficient (Wildman–Crippen LogP) is 4.08. The second-order valence-corrected chi connectivity index (χ2v) is 8.58. The van der Waals surface area contributed by atoms with E-state index in [1.54, 1.807) is 18.4 Å². The summed E-state index contributed by atoms with van der Waals surface area (Å²) in [6.45, 7) is 0.206. The van der Waals surface area contributed by atoms with Crippen LogP contribution in [0.25, 0.3) is 10.2 Å². The van der Waals surface area contributed by atoms with Crippen LogP contribution in [-0.2, 0) is 36.8 Å². The zero-order chi connectivity index (χ0) is 21.5. The number of hydrogen-bond donors (Lipinski definition) is 1. The molecular formula is C21H20F3N3O2S. The highest BCUT2D eigenvalue weighted by Gasteiger charge is 2.30. The van der Waals surface area contributed by atoms with Crippen molar-refractivity contribution in [3.63, 3.8) is 0 Å². The van der Waals surface area contributed by atoms with Crippen molar-refractivity contribution in [2.24, 2.45) is 0 Å². The molecule has 0 radical (unpaired) electrons. The van der Waals surface area contributed by atoms with E-state index in [1.807, 2.05) is 0 Å². The number of alkyl halides is 3. The minimum Gasteiger partial charge on any atom is -0.341 e. The molecule has 158 valence electrons. The fourth-order valence-corrected chi connectivity index (χ4v) is 5.02. The third kappa shape index (κ3) is 4.12. The van der Waals surface area contributed by atoms with Crippen LogP contribution in [0, 0.1) is 0 Å². The van der Waals surface area contributed by atoms with E-state index < -0.39 is 11.7 Å². The lowest BCUT2D eigenvalue weighted by Gasteiger charge is -2.17. The van der Waals surface area contributed by atoms with Gasteiger partial charge in [0.1, 0.15) is 10.7 Å². The molecular weight excluding hydrogens is 415 g/mol. The molecule has 5 nitrogen and oxygen atoms in total. The molecule has 0 spiro atoms. The molecule has 0 aliphatic heterocycles. The average Bonchev–Trinajstić information content (AvgIpc) is 3.26. The number of aromatic amines is 1. The van der Waals surface area contributed by atoms with Gasteiger partial charge in [0.25, 0.3) is 5.56 Å². The van der Waals surface area contributed by atoms with Crippen molar-refractivity contribution < 1.29 is 18.0 Å². The van der Waals surface area contributed by atoms with Crippen LogP contribution in [0.4, 0.5) is 13.2 Å². The Morgan fingerprint density at radius 3 is 2.67 bits per heavy atom. The summed E-state index contributed by atoms with van der Waals surface area (Å²) >= 11 is 1.55. The molecule has 0 fully saturated rings. The van der Waals surface area contributed by atoms with Crippen molar-refractivity contribution >= 4 is 27.5 Å². The molecule has 0 unspecified atom stereocenters. The Bertz CT molecular complexity index is 1150. The first-order valence-electron chi connectivity index (χ1n) is 9.66. The molecule has 0 saturated carbocycles. The first-order chi connectivity index (χ1) is 14.2. The van der Waals surface area contributed by atoms with Crippen LogP contribution >= 0.6 is 11.3 Å². The molecule has 4 rings (SSSR count). The molecule has 1 amide bonds. The average molecular weight is 435 g/mol. The van der Waals surface area contributed by atoms with Crippen LogP contribution in [0.2, 0.25) is 0 Å². The topological polar surface area (TPSA) is 66.1 Å². The lowest BCUT2D eigenvalue weighted by atomic mass is 10.1. The Kier molecular flexibility index (Phi) is 5.40. The number of rotatable bonds is 5. The fourth-order valence-electron chi connectivity index (χ4n) is 3.74. The molecule has 1 N–H and O–H groups in total. The highest BCUT2D eigenvalue weighted by atomic mass is 32.1. The number of H-pyrrole nitrogens is 1. The SMILES string of the molecule is CN(Cc1ccc(C(F)(F)F)cc1)C(=O)CCc1nc2sc3c(c2c(=O)[nH]1)CCC3. The van der Waals surface area contributed by atoms with E-state index in [4.69, 9.17) is 0 Å². The summed E-state index contributed by atoms with van der Waals surface area (Å²) in [7, 11) is 1.60. The van der Waals surface area contributed by atoms with E-state index in [2.05, 4.69) is 9.97 Å². The van der Waals surface area contributed by atoms with Crippen molar-refractivity contribution in [2.45, 2.75) is 44.8 Å². The number of hydrogen-bond acceptors (Lipinski definition) is 4. The number of thiophene rings is 1. The zero-order valence-corrected chi connectivity index (χ0v) is 17.1. The summed E-state index contributed by atoms with van der Waals surface area (Å²) in [5.41, 5.74) is 0.854. The number of benzene rings is 1. The summed E-state index contributed by atoms with van der Waals surface area (Å²) in [5, 5.41) is 0.682. The lowest BCUT2D eigenvalue weighted by Crippen LogP contribution is -2.27. The van der Waals surface area contributed by atoms with Gasteiger partial charge in [0.2, 0.25) is 5.91 Å². The number of carbonyl (C=O) groups excluding carboxylic acids is 1. The number of carbonyl (C=O) groups is 1. The quantitative estimate of drug-likeness (QED) is 0.657. The van der Waals surface area contributed by atoms with E-state index in [-0.39, 0.29) is 24.4 Å². The van der Waals surface area contributed by atoms with E-state index >= 15 is 0 Å². The molecule has 1 aliphatic rings. The summed E-state index contributed by atoms with van der Waals surface area (Å²) < 4.78 is 37.9. The molecule has 0 atom stereocenters. The van der Waals surface area contributed by atoms with Gasteiger partial charge in [-0.3, -0.25) is 9.59 Å². The van der Waals surface area contributed by atoms with Crippen molar-refractivity contribution in [2.75, 3.05) is 7.05 Å². The Labute approximate surface area is 174 Å². The van der Waals surface area contributed by atoms with Crippen molar-refractivity contribution in [1.29, 1.82) is 0 Å². The highest BCUT2D eigenvalue weighted by molar-refractivity contribution is 7.18. The summed E-state index contributed by atoms with van der Waals surface area (Å²) in [5.74, 6) is 0.301. The molecule has 2 heterocycles. The molecule has 30 heavy (non-hydrogen) atoms. The molecule has 0 saturated heterocycles. The van der Waals surface area contributed by atoms with Gasteiger partial charge in [0.05, 0.1) is 10.9 Å². The summed E-state index contributed by atoms with van der Waals surface area (Å²) in [4.78, 5) is 35.7. The maximum Gasteiger partial charge on any atom is 0.416 e. The largest absolute Gasteiger partial charge is 0.416 e. The number of aromatic nitrogens is 2. The number of fused-ring (bicyclic) bond motifs is 3. The summed E-state index contributed by atoms with van der Waals surface area (Å²) in [6.07, 6.45) is -0.975. The Morgan fingerprint density at radius 2 is 1.97 bits per heavy atom. The number of nitrogens with one attached hydrogen (secondary N) is 1. The monoisotopic (exact) mass is 435 g/mol. The first-order valence-corrected chi connectivity index (χ1v) is 10.5. The zero-order valence-electron chi connectivity index (χ0n) is 16.3. The second-order valence-electron chi connectivity index (χ2n) is 7.49. The van der Waals surface area contributed by atoms with Gasteiger partial charge in [-0.05, 0) is 42.5 Å². The second kappa shape index (κ2) is 7.86. The molecule has 1 aromatic carbocycles. The smallest absolute Gasteiger partial charge is 0.341 e. The standard InChI is InChI=1S/C21H20F3N3O2S/c1-27(11-12-5-7-13(8-6-12)21(22,23)24)17(28)10-9-16-25-19(29)18-14-3-2-4-15(14)30-20(18)26-16/h5-8H,2-4,9-11H2,1H3,(H,25,26,29). The normalized spacial score (nSPS) is 13.6. The van der Waals surface area contributed by atoms with Crippen LogP contribution in [0.5, 0.6) is 0 Å². The van der Waals surface area contributed by atoms with Gasteiger partial charge in [-0.15, -0.1) is 11.3 Å². The Hall–Kier alpha value is -2.68. The number of aryl methyl sites for hydroxylation is 3. The van der Waals surface area contributed by atoms with E-state index in [0.717, 1.165) is 41.8 Å². The van der Waals surface area contributed by atoms with Crippen molar-refractivity contribution in [1.82, 2.24) is 14.9 Å². The lowest BCUT2D eigenvalue weighted by molar-refractivity contribution is -0.137. The van der Waals surface area contributed by atoms with Crippen LogP contribution in [-0.4, -0.2) is 27.8 Å². The molecule has 3 aromatic rings. The minimum absolute atomic E-state index is 0.149. The molecule has 2 aromatic heterocycles. The predicted molar refractivity (Wildman–Crippen MR) is 109 cm³/mol. The Balaban J connectivity index is 1.39. The first kappa shape index (κ1) is 20.6. The van der Waals surface area contributed by atoms with Gasteiger partial charge in [-0.1, -0.05) is 12.1 Å². The molecule has 9 heteroatoms.